The first kappa shape index (κ1) is 17.5. The molecule has 0 spiro atoms. The van der Waals surface area contributed by atoms with Gasteiger partial charge in [0.2, 0.25) is 0 Å². The second-order valence-electron chi connectivity index (χ2n) is 6.32. The van der Waals surface area contributed by atoms with E-state index in [0.29, 0.717) is 19.6 Å². The largest absolute Gasteiger partial charge is 0.478 e. The summed E-state index contributed by atoms with van der Waals surface area (Å²) in [6, 6.07) is 18.3. The summed E-state index contributed by atoms with van der Waals surface area (Å²) in [7, 11) is 0. The molecule has 2 N–H and O–H groups in total. The highest BCUT2D eigenvalue weighted by atomic mass is 16.4. The molecule has 0 saturated carbocycles. The molecule has 26 heavy (non-hydrogen) atoms. The number of urea groups is 1. The van der Waals surface area contributed by atoms with Crippen LogP contribution < -0.4 is 5.32 Å². The number of hydrogen-bond acceptors (Lipinski definition) is 3. The van der Waals surface area contributed by atoms with Gasteiger partial charge >= 0.3 is 12.0 Å². The van der Waals surface area contributed by atoms with Crippen molar-refractivity contribution in [1.82, 2.24) is 10.2 Å². The fourth-order valence-corrected chi connectivity index (χ4v) is 3.19. The minimum absolute atomic E-state index is 0.0156. The van der Waals surface area contributed by atoms with E-state index in [0.717, 1.165) is 11.1 Å². The Morgan fingerprint density at radius 1 is 1.12 bits per heavy atom. The third-order valence-electron chi connectivity index (χ3n) is 4.65. The van der Waals surface area contributed by atoms with Gasteiger partial charge in [0.05, 0.1) is 17.6 Å². The minimum atomic E-state index is -0.979. The van der Waals surface area contributed by atoms with Crippen LogP contribution in [0.5, 0.6) is 0 Å². The summed E-state index contributed by atoms with van der Waals surface area (Å²) < 4.78 is 0. The van der Waals surface area contributed by atoms with Crippen molar-refractivity contribution in [1.29, 1.82) is 5.26 Å². The topological polar surface area (TPSA) is 93.4 Å². The lowest BCUT2D eigenvalue weighted by molar-refractivity contribution is 0.0697. The fourth-order valence-electron chi connectivity index (χ4n) is 3.19. The van der Waals surface area contributed by atoms with Gasteiger partial charge < -0.3 is 15.3 Å². The molecule has 0 bridgehead atoms. The molecular formula is C20H19N3O3. The predicted molar refractivity (Wildman–Crippen MR) is 95.5 cm³/mol. The summed E-state index contributed by atoms with van der Waals surface area (Å²) in [4.78, 5) is 25.0. The number of likely N-dealkylation sites (tertiary alicyclic amines) is 1. The molecule has 2 aromatic carbocycles. The Labute approximate surface area is 151 Å². The number of nitrogens with zero attached hydrogens (tertiary/aromatic N) is 2. The highest BCUT2D eigenvalue weighted by Gasteiger charge is 2.36. The third kappa shape index (κ3) is 3.83. The Kier molecular flexibility index (Phi) is 5.18. The number of carbonyl (C=O) groups excluding carboxylic acids is 1. The van der Waals surface area contributed by atoms with Gasteiger partial charge in [-0.05, 0) is 23.3 Å². The van der Waals surface area contributed by atoms with Crippen LogP contribution in [0, 0.1) is 17.2 Å². The summed E-state index contributed by atoms with van der Waals surface area (Å²) >= 11 is 0. The van der Waals surface area contributed by atoms with E-state index in [1.165, 1.54) is 12.1 Å². The standard InChI is InChI=1S/C20H19N3O3/c21-10-17-12-23(13-18(17)15-4-2-1-3-5-15)20(26)22-11-14-6-8-16(9-7-14)19(24)25/h1-9,17-18H,11-13H2,(H,22,26)(H,24,25)/t17-,18+/m1/s1. The SMILES string of the molecule is N#C[C@@H]1CN(C(=O)NCc2ccc(C(=O)O)cc2)C[C@H]1c1ccccc1. The number of benzene rings is 2. The molecule has 1 fully saturated rings. The van der Waals surface area contributed by atoms with Gasteiger partial charge in [-0.25, -0.2) is 9.59 Å². The average molecular weight is 349 g/mol. The molecule has 6 nitrogen and oxygen atoms in total. The highest BCUT2D eigenvalue weighted by molar-refractivity contribution is 5.87. The Morgan fingerprint density at radius 2 is 1.81 bits per heavy atom. The molecule has 0 radical (unpaired) electrons. The molecule has 1 aliphatic heterocycles. The van der Waals surface area contributed by atoms with Crippen molar-refractivity contribution in [2.45, 2.75) is 12.5 Å². The van der Waals surface area contributed by atoms with E-state index in [4.69, 9.17) is 5.11 Å². The van der Waals surface area contributed by atoms with Gasteiger partial charge in [-0.15, -0.1) is 0 Å². The number of aromatic carboxylic acids is 1. The van der Waals surface area contributed by atoms with E-state index < -0.39 is 5.97 Å². The number of carbonyl (C=O) groups is 2. The third-order valence-corrected chi connectivity index (χ3v) is 4.65. The summed E-state index contributed by atoms with van der Waals surface area (Å²) in [6.45, 7) is 1.22. The molecule has 132 valence electrons. The van der Waals surface area contributed by atoms with Gasteiger partial charge in [-0.1, -0.05) is 42.5 Å². The van der Waals surface area contributed by atoms with Gasteiger partial charge in [0.15, 0.2) is 0 Å². The summed E-state index contributed by atoms with van der Waals surface area (Å²) in [5.41, 5.74) is 2.10. The lowest BCUT2D eigenvalue weighted by Gasteiger charge is -2.17. The van der Waals surface area contributed by atoms with Crippen LogP contribution in [0.2, 0.25) is 0 Å². The monoisotopic (exact) mass is 349 g/mol. The molecule has 1 saturated heterocycles. The van der Waals surface area contributed by atoms with E-state index in [-0.39, 0.29) is 23.4 Å². The van der Waals surface area contributed by atoms with Crippen molar-refractivity contribution in [3.05, 3.63) is 71.3 Å². The zero-order valence-corrected chi connectivity index (χ0v) is 14.1. The number of rotatable bonds is 4. The van der Waals surface area contributed by atoms with E-state index >= 15 is 0 Å². The minimum Gasteiger partial charge on any atom is -0.478 e. The average Bonchev–Trinajstić information content (AvgIpc) is 3.11. The maximum atomic E-state index is 12.4. The molecule has 0 aromatic heterocycles. The van der Waals surface area contributed by atoms with Crippen LogP contribution in [0.15, 0.2) is 54.6 Å². The van der Waals surface area contributed by atoms with Gasteiger partial charge in [0.25, 0.3) is 0 Å². The van der Waals surface area contributed by atoms with Crippen LogP contribution >= 0.6 is 0 Å². The molecule has 0 aliphatic carbocycles. The Morgan fingerprint density at radius 3 is 2.42 bits per heavy atom. The van der Waals surface area contributed by atoms with Crippen molar-refractivity contribution >= 4 is 12.0 Å². The molecule has 2 atom stereocenters. The van der Waals surface area contributed by atoms with Crippen molar-refractivity contribution < 1.29 is 14.7 Å². The molecule has 1 heterocycles. The number of amides is 2. The zero-order chi connectivity index (χ0) is 18.5. The van der Waals surface area contributed by atoms with Gasteiger partial charge in [-0.3, -0.25) is 0 Å². The van der Waals surface area contributed by atoms with E-state index in [9.17, 15) is 14.9 Å². The number of hydrogen-bond donors (Lipinski definition) is 2. The van der Waals surface area contributed by atoms with Crippen LogP contribution in [0.4, 0.5) is 4.79 Å². The quantitative estimate of drug-likeness (QED) is 0.887. The summed E-state index contributed by atoms with van der Waals surface area (Å²) in [6.07, 6.45) is 0. The predicted octanol–water partition coefficient (Wildman–Crippen LogP) is 2.83. The van der Waals surface area contributed by atoms with Gasteiger partial charge in [-0.2, -0.15) is 5.26 Å². The van der Waals surface area contributed by atoms with Crippen LogP contribution in [-0.4, -0.2) is 35.1 Å². The Hall–Kier alpha value is -3.33. The van der Waals surface area contributed by atoms with Gasteiger partial charge in [0, 0.05) is 25.6 Å². The molecule has 6 heteroatoms. The Balaban J connectivity index is 1.60. The second-order valence-corrected chi connectivity index (χ2v) is 6.32. The number of nitrogens with one attached hydrogen (secondary N) is 1. The molecular weight excluding hydrogens is 330 g/mol. The van der Waals surface area contributed by atoms with Crippen LogP contribution in [0.1, 0.15) is 27.4 Å². The van der Waals surface area contributed by atoms with Crippen molar-refractivity contribution in [3.8, 4) is 6.07 Å². The first-order valence-electron chi connectivity index (χ1n) is 8.38. The lowest BCUT2D eigenvalue weighted by Crippen LogP contribution is -2.38. The molecule has 3 rings (SSSR count). The molecule has 2 aromatic rings. The zero-order valence-electron chi connectivity index (χ0n) is 14.1. The second kappa shape index (κ2) is 7.70. The van der Waals surface area contributed by atoms with Crippen LogP contribution in [0.25, 0.3) is 0 Å². The number of carboxylic acid groups (broad SMARTS) is 1. The van der Waals surface area contributed by atoms with E-state index in [1.807, 2.05) is 30.3 Å². The maximum absolute atomic E-state index is 12.4. The first-order valence-corrected chi connectivity index (χ1v) is 8.38. The normalized spacial score (nSPS) is 19.0. The van der Waals surface area contributed by atoms with Crippen molar-refractivity contribution in [2.24, 2.45) is 5.92 Å². The first-order chi connectivity index (χ1) is 12.6. The maximum Gasteiger partial charge on any atom is 0.335 e. The molecule has 2 amide bonds. The smallest absolute Gasteiger partial charge is 0.335 e. The van der Waals surface area contributed by atoms with Crippen LogP contribution in [0.3, 0.4) is 0 Å². The highest BCUT2D eigenvalue weighted by Crippen LogP contribution is 2.32. The van der Waals surface area contributed by atoms with Gasteiger partial charge in [0.1, 0.15) is 0 Å². The van der Waals surface area contributed by atoms with Crippen molar-refractivity contribution in [2.75, 3.05) is 13.1 Å². The molecule has 1 aliphatic rings. The fraction of sp³-hybridized carbons (Fsp3) is 0.250. The van der Waals surface area contributed by atoms with E-state index in [2.05, 4.69) is 11.4 Å². The van der Waals surface area contributed by atoms with E-state index in [1.54, 1.807) is 17.0 Å². The number of carboxylic acids is 1. The number of nitriles is 1. The van der Waals surface area contributed by atoms with Crippen molar-refractivity contribution in [3.63, 3.8) is 0 Å². The summed E-state index contributed by atoms with van der Waals surface area (Å²) in [5, 5.41) is 21.2. The molecule has 0 unspecified atom stereocenters. The van der Waals surface area contributed by atoms with Crippen LogP contribution in [-0.2, 0) is 6.54 Å². The Bertz CT molecular complexity index is 828. The lowest BCUT2D eigenvalue weighted by atomic mass is 9.90. The summed E-state index contributed by atoms with van der Waals surface area (Å²) in [5.74, 6) is -1.19.